The van der Waals surface area contributed by atoms with Crippen LogP contribution < -0.4 is 5.73 Å². The van der Waals surface area contributed by atoms with E-state index in [2.05, 4.69) is 0 Å². The van der Waals surface area contributed by atoms with Gasteiger partial charge in [0.15, 0.2) is 0 Å². The fourth-order valence-electron chi connectivity index (χ4n) is 1.39. The highest BCUT2D eigenvalue weighted by Gasteiger charge is 2.06. The monoisotopic (exact) mass is 224 g/mol. The van der Waals surface area contributed by atoms with Crippen molar-refractivity contribution in [3.05, 3.63) is 35.6 Å². The summed E-state index contributed by atoms with van der Waals surface area (Å²) in [6.07, 6.45) is 1.10. The number of nitrogens with zero attached hydrogens (tertiary/aromatic N) is 1. The molecular weight excluding hydrogens is 207 g/mol. The van der Waals surface area contributed by atoms with E-state index in [-0.39, 0.29) is 11.7 Å². The van der Waals surface area contributed by atoms with Gasteiger partial charge in [0.1, 0.15) is 5.82 Å². The van der Waals surface area contributed by atoms with Crippen molar-refractivity contribution in [2.75, 3.05) is 20.1 Å². The van der Waals surface area contributed by atoms with Crippen LogP contribution in [0.15, 0.2) is 24.3 Å². The molecule has 88 valence electrons. The maximum Gasteiger partial charge on any atom is 0.223 e. The van der Waals surface area contributed by atoms with Gasteiger partial charge >= 0.3 is 0 Å². The van der Waals surface area contributed by atoms with Gasteiger partial charge in [0, 0.05) is 26.6 Å². The third-order valence-corrected chi connectivity index (χ3v) is 2.43. The molecule has 4 heteroatoms. The minimum absolute atomic E-state index is 0.0459. The van der Waals surface area contributed by atoms with E-state index >= 15 is 0 Å². The van der Waals surface area contributed by atoms with E-state index in [4.69, 9.17) is 5.73 Å². The number of carbonyl (C=O) groups is 1. The van der Waals surface area contributed by atoms with Gasteiger partial charge in [-0.3, -0.25) is 4.79 Å². The minimum atomic E-state index is -0.240. The maximum absolute atomic E-state index is 12.6. The Morgan fingerprint density at radius 2 is 2.00 bits per heavy atom. The zero-order chi connectivity index (χ0) is 12.0. The van der Waals surface area contributed by atoms with Crippen LogP contribution in [-0.4, -0.2) is 30.9 Å². The second-order valence-corrected chi connectivity index (χ2v) is 3.73. The van der Waals surface area contributed by atoms with E-state index in [1.54, 1.807) is 24.1 Å². The van der Waals surface area contributed by atoms with Gasteiger partial charge in [-0.2, -0.15) is 0 Å². The molecule has 0 atom stereocenters. The van der Waals surface area contributed by atoms with Crippen molar-refractivity contribution >= 4 is 5.91 Å². The number of nitrogens with two attached hydrogens (primary N) is 1. The Hall–Kier alpha value is -1.42. The Balaban J connectivity index is 2.39. The molecule has 16 heavy (non-hydrogen) atoms. The Morgan fingerprint density at radius 3 is 2.56 bits per heavy atom. The van der Waals surface area contributed by atoms with E-state index in [0.29, 0.717) is 19.5 Å². The fraction of sp³-hybridized carbons (Fsp3) is 0.417. The summed E-state index contributed by atoms with van der Waals surface area (Å²) in [6.45, 7) is 1.00. The number of amides is 1. The molecule has 0 heterocycles. The van der Waals surface area contributed by atoms with Crippen LogP contribution in [0.5, 0.6) is 0 Å². The van der Waals surface area contributed by atoms with Crippen LogP contribution in [-0.2, 0) is 11.2 Å². The van der Waals surface area contributed by atoms with Crippen molar-refractivity contribution in [1.29, 1.82) is 0 Å². The van der Waals surface area contributed by atoms with Crippen LogP contribution in [0, 0.1) is 5.82 Å². The summed E-state index contributed by atoms with van der Waals surface area (Å²) < 4.78 is 12.6. The highest BCUT2D eigenvalue weighted by molar-refractivity contribution is 5.76. The predicted molar refractivity (Wildman–Crippen MR) is 61.4 cm³/mol. The summed E-state index contributed by atoms with van der Waals surface area (Å²) in [5, 5.41) is 0. The minimum Gasteiger partial charge on any atom is -0.345 e. The number of halogens is 1. The Bertz CT molecular complexity index is 337. The van der Waals surface area contributed by atoms with E-state index < -0.39 is 0 Å². The lowest BCUT2D eigenvalue weighted by molar-refractivity contribution is -0.129. The van der Waals surface area contributed by atoms with Gasteiger partial charge in [-0.25, -0.2) is 4.39 Å². The smallest absolute Gasteiger partial charge is 0.223 e. The molecule has 3 nitrogen and oxygen atoms in total. The molecule has 1 aromatic carbocycles. The number of carbonyl (C=O) groups excluding carboxylic acids is 1. The maximum atomic E-state index is 12.6. The lowest BCUT2D eigenvalue weighted by Gasteiger charge is -2.16. The number of hydrogen-bond acceptors (Lipinski definition) is 2. The topological polar surface area (TPSA) is 46.3 Å². The largest absolute Gasteiger partial charge is 0.345 e. The van der Waals surface area contributed by atoms with Gasteiger partial charge < -0.3 is 10.6 Å². The van der Waals surface area contributed by atoms with Gasteiger partial charge in [-0.15, -0.1) is 0 Å². The first-order valence-electron chi connectivity index (χ1n) is 5.32. The Morgan fingerprint density at radius 1 is 1.38 bits per heavy atom. The summed E-state index contributed by atoms with van der Waals surface area (Å²) >= 11 is 0. The molecule has 0 spiro atoms. The highest BCUT2D eigenvalue weighted by Crippen LogP contribution is 2.04. The average Bonchev–Trinajstić information content (AvgIpc) is 2.28. The summed E-state index contributed by atoms with van der Waals surface area (Å²) in [6, 6.07) is 6.32. The molecule has 0 radical (unpaired) electrons. The van der Waals surface area contributed by atoms with Gasteiger partial charge in [0.05, 0.1) is 0 Å². The van der Waals surface area contributed by atoms with Crippen LogP contribution >= 0.6 is 0 Å². The zero-order valence-corrected chi connectivity index (χ0v) is 9.45. The fourth-order valence-corrected chi connectivity index (χ4v) is 1.39. The van der Waals surface area contributed by atoms with Gasteiger partial charge in [-0.05, 0) is 24.1 Å². The molecule has 0 unspecified atom stereocenters. The first-order valence-corrected chi connectivity index (χ1v) is 5.32. The third kappa shape index (κ3) is 3.98. The lowest BCUT2D eigenvalue weighted by Crippen LogP contribution is -2.30. The molecule has 2 N–H and O–H groups in total. The van der Waals surface area contributed by atoms with Crippen molar-refractivity contribution in [3.63, 3.8) is 0 Å². The summed E-state index contributed by atoms with van der Waals surface area (Å²) in [5.74, 6) is -0.194. The molecule has 0 fully saturated rings. The summed E-state index contributed by atoms with van der Waals surface area (Å²) in [7, 11) is 1.75. The van der Waals surface area contributed by atoms with Crippen molar-refractivity contribution < 1.29 is 9.18 Å². The second-order valence-electron chi connectivity index (χ2n) is 3.73. The molecule has 0 saturated carbocycles. The molecule has 0 aliphatic heterocycles. The van der Waals surface area contributed by atoms with E-state index in [0.717, 1.165) is 12.0 Å². The van der Waals surface area contributed by atoms with Gasteiger partial charge in [0.25, 0.3) is 0 Å². The molecule has 1 amide bonds. The average molecular weight is 224 g/mol. The quantitative estimate of drug-likeness (QED) is 0.816. The third-order valence-electron chi connectivity index (χ3n) is 2.43. The number of likely N-dealkylation sites (N-methyl/N-ethyl adjacent to an activating group) is 1. The van der Waals surface area contributed by atoms with Crippen molar-refractivity contribution in [2.45, 2.75) is 12.8 Å². The molecule has 0 saturated heterocycles. The van der Waals surface area contributed by atoms with Crippen LogP contribution in [0.2, 0.25) is 0 Å². The number of rotatable bonds is 5. The van der Waals surface area contributed by atoms with Crippen LogP contribution in [0.25, 0.3) is 0 Å². The van der Waals surface area contributed by atoms with Crippen LogP contribution in [0.3, 0.4) is 0 Å². The molecule has 0 aliphatic rings. The van der Waals surface area contributed by atoms with Crippen LogP contribution in [0.1, 0.15) is 12.0 Å². The molecule has 0 aromatic heterocycles. The van der Waals surface area contributed by atoms with E-state index in [1.807, 2.05) is 0 Å². The van der Waals surface area contributed by atoms with Crippen molar-refractivity contribution in [1.82, 2.24) is 4.90 Å². The van der Waals surface area contributed by atoms with Crippen molar-refractivity contribution in [2.24, 2.45) is 5.73 Å². The number of hydrogen-bond donors (Lipinski definition) is 1. The van der Waals surface area contributed by atoms with Crippen molar-refractivity contribution in [3.8, 4) is 0 Å². The normalized spacial score (nSPS) is 10.2. The lowest BCUT2D eigenvalue weighted by atomic mass is 10.1. The van der Waals surface area contributed by atoms with Gasteiger partial charge in [0.2, 0.25) is 5.91 Å². The first kappa shape index (κ1) is 12.6. The molecule has 1 aromatic rings. The summed E-state index contributed by atoms with van der Waals surface area (Å²) in [4.78, 5) is 13.1. The van der Waals surface area contributed by atoms with E-state index in [9.17, 15) is 9.18 Å². The van der Waals surface area contributed by atoms with Gasteiger partial charge in [-0.1, -0.05) is 12.1 Å². The standard InChI is InChI=1S/C12H17FN2O/c1-15(12(16)6-8-14)9-7-10-2-4-11(13)5-3-10/h2-5H,6-9,14H2,1H3. The molecule has 1 rings (SSSR count). The first-order chi connectivity index (χ1) is 7.63. The second kappa shape index (κ2) is 6.23. The molecule has 0 aliphatic carbocycles. The Kier molecular flexibility index (Phi) is 4.92. The highest BCUT2D eigenvalue weighted by atomic mass is 19.1. The SMILES string of the molecule is CN(CCc1ccc(F)cc1)C(=O)CCN. The van der Waals surface area contributed by atoms with E-state index in [1.165, 1.54) is 12.1 Å². The Labute approximate surface area is 95.0 Å². The van der Waals surface area contributed by atoms with Crippen LogP contribution in [0.4, 0.5) is 4.39 Å². The molecule has 0 bridgehead atoms. The number of benzene rings is 1. The predicted octanol–water partition coefficient (Wildman–Crippen LogP) is 1.18. The summed E-state index contributed by atoms with van der Waals surface area (Å²) in [5.41, 5.74) is 6.32. The zero-order valence-electron chi connectivity index (χ0n) is 9.45. The molecular formula is C12H17FN2O.